The molecule has 2 aromatic carbocycles. The van der Waals surface area contributed by atoms with Crippen LogP contribution in [0.1, 0.15) is 33.6 Å². The molecule has 4 rings (SSSR count). The van der Waals surface area contributed by atoms with E-state index in [1.807, 2.05) is 0 Å². The van der Waals surface area contributed by atoms with Crippen LogP contribution in [-0.2, 0) is 9.53 Å². The van der Waals surface area contributed by atoms with Gasteiger partial charge in [-0.25, -0.2) is 4.39 Å². The summed E-state index contributed by atoms with van der Waals surface area (Å²) in [5.74, 6) is -0.608. The maximum absolute atomic E-state index is 13.5. The Morgan fingerprint density at radius 1 is 0.971 bits per heavy atom. The first-order valence-electron chi connectivity index (χ1n) is 11.8. The molecule has 9 heteroatoms. The molecule has 2 aliphatic heterocycles. The molecule has 0 spiro atoms. The zero-order chi connectivity index (χ0) is 24.8. The molecule has 2 fully saturated rings. The molecular weight excluding hydrogens is 453 g/mol. The smallest absolute Gasteiger partial charge is 0.253 e. The number of carbonyl (C=O) groups excluding carboxylic acids is 3. The first-order chi connectivity index (χ1) is 17.0. The monoisotopic (exact) mass is 483 g/mol. The van der Waals surface area contributed by atoms with Crippen LogP contribution in [-0.4, -0.2) is 80.1 Å². The summed E-state index contributed by atoms with van der Waals surface area (Å²) in [6, 6.07) is 11.6. The molecule has 3 amide bonds. The van der Waals surface area contributed by atoms with E-state index in [2.05, 4.69) is 5.32 Å². The summed E-state index contributed by atoms with van der Waals surface area (Å²) in [6.45, 7) is 2.78. The van der Waals surface area contributed by atoms with Gasteiger partial charge in [0.05, 0.1) is 20.3 Å². The molecule has 35 heavy (non-hydrogen) atoms. The summed E-state index contributed by atoms with van der Waals surface area (Å²) >= 11 is 0. The fourth-order valence-electron chi connectivity index (χ4n) is 4.56. The number of rotatable bonds is 6. The Labute approximate surface area is 204 Å². The van der Waals surface area contributed by atoms with Gasteiger partial charge in [-0.2, -0.15) is 0 Å². The van der Waals surface area contributed by atoms with Crippen molar-refractivity contribution in [1.29, 1.82) is 0 Å². The van der Waals surface area contributed by atoms with Crippen molar-refractivity contribution in [2.45, 2.75) is 18.9 Å². The Bertz CT molecular complexity index is 1050. The topological polar surface area (TPSA) is 88.2 Å². The van der Waals surface area contributed by atoms with Crippen LogP contribution < -0.4 is 10.1 Å². The van der Waals surface area contributed by atoms with Crippen molar-refractivity contribution in [1.82, 2.24) is 15.1 Å². The summed E-state index contributed by atoms with van der Waals surface area (Å²) in [5, 5.41) is 2.96. The first kappa shape index (κ1) is 24.7. The van der Waals surface area contributed by atoms with Crippen LogP contribution in [0.5, 0.6) is 5.75 Å². The molecule has 2 saturated heterocycles. The number of nitrogens with one attached hydrogen (secondary N) is 1. The SMILES string of the molecule is COc1cccc(C(=O)NC(C(=O)N2CCOCC2)C2CCN(C(=O)c3ccc(F)cc3)CC2)c1. The predicted octanol–water partition coefficient (Wildman–Crippen LogP) is 2.34. The number of nitrogens with zero attached hydrogens (tertiary/aromatic N) is 2. The van der Waals surface area contributed by atoms with Gasteiger partial charge in [0.1, 0.15) is 17.6 Å². The van der Waals surface area contributed by atoms with Gasteiger partial charge >= 0.3 is 0 Å². The minimum Gasteiger partial charge on any atom is -0.497 e. The zero-order valence-corrected chi connectivity index (χ0v) is 19.7. The third-order valence-electron chi connectivity index (χ3n) is 6.60. The number of halogens is 1. The summed E-state index contributed by atoms with van der Waals surface area (Å²) in [5.41, 5.74) is 0.838. The summed E-state index contributed by atoms with van der Waals surface area (Å²) in [7, 11) is 1.53. The molecule has 0 radical (unpaired) electrons. The molecule has 2 aromatic rings. The van der Waals surface area contributed by atoms with E-state index >= 15 is 0 Å². The molecule has 2 heterocycles. The molecule has 0 aromatic heterocycles. The number of methoxy groups -OCH3 is 1. The highest BCUT2D eigenvalue weighted by atomic mass is 19.1. The lowest BCUT2D eigenvalue weighted by molar-refractivity contribution is -0.139. The maximum atomic E-state index is 13.5. The normalized spacial score (nSPS) is 17.5. The second kappa shape index (κ2) is 11.3. The van der Waals surface area contributed by atoms with Gasteiger partial charge in [0.2, 0.25) is 5.91 Å². The summed E-state index contributed by atoms with van der Waals surface area (Å²) in [4.78, 5) is 42.8. The van der Waals surface area contributed by atoms with Crippen LogP contribution in [0.15, 0.2) is 48.5 Å². The molecule has 1 unspecified atom stereocenters. The molecule has 186 valence electrons. The van der Waals surface area contributed by atoms with Gasteiger partial charge in [0.25, 0.3) is 11.8 Å². The molecule has 0 bridgehead atoms. The lowest BCUT2D eigenvalue weighted by Gasteiger charge is -2.38. The van der Waals surface area contributed by atoms with E-state index in [9.17, 15) is 18.8 Å². The van der Waals surface area contributed by atoms with Crippen LogP contribution in [0, 0.1) is 11.7 Å². The predicted molar refractivity (Wildman–Crippen MR) is 127 cm³/mol. The van der Waals surface area contributed by atoms with Crippen molar-refractivity contribution < 1.29 is 28.2 Å². The minimum absolute atomic E-state index is 0.128. The number of piperidine rings is 1. The zero-order valence-electron chi connectivity index (χ0n) is 19.7. The largest absolute Gasteiger partial charge is 0.497 e. The second-order valence-corrected chi connectivity index (χ2v) is 8.76. The summed E-state index contributed by atoms with van der Waals surface area (Å²) in [6.07, 6.45) is 1.12. The average Bonchev–Trinajstić information content (AvgIpc) is 2.92. The quantitative estimate of drug-likeness (QED) is 0.682. The van der Waals surface area contributed by atoms with Crippen LogP contribution in [0.25, 0.3) is 0 Å². The lowest BCUT2D eigenvalue weighted by atomic mass is 9.87. The standard InChI is InChI=1S/C26H30FN3O5/c1-34-22-4-2-3-20(17-22)24(31)28-23(26(33)30-13-15-35-16-14-30)18-9-11-29(12-10-18)25(32)19-5-7-21(27)8-6-19/h2-8,17-18,23H,9-16H2,1H3,(H,28,31). The Balaban J connectivity index is 1.47. The third kappa shape index (κ3) is 5.97. The van der Waals surface area contributed by atoms with Crippen molar-refractivity contribution in [2.24, 2.45) is 5.92 Å². The summed E-state index contributed by atoms with van der Waals surface area (Å²) < 4.78 is 23.8. The number of amides is 3. The van der Waals surface area contributed by atoms with E-state index in [0.29, 0.717) is 69.1 Å². The van der Waals surface area contributed by atoms with Gasteiger partial charge < -0.3 is 24.6 Å². The Hall–Kier alpha value is -3.46. The molecule has 1 N–H and O–H groups in total. The number of hydrogen-bond acceptors (Lipinski definition) is 5. The molecule has 0 saturated carbocycles. The van der Waals surface area contributed by atoms with Gasteiger partial charge in [-0.3, -0.25) is 14.4 Å². The number of carbonyl (C=O) groups is 3. The highest BCUT2D eigenvalue weighted by molar-refractivity contribution is 5.98. The van der Waals surface area contributed by atoms with E-state index < -0.39 is 11.9 Å². The van der Waals surface area contributed by atoms with Crippen LogP contribution in [0.2, 0.25) is 0 Å². The van der Waals surface area contributed by atoms with E-state index in [-0.39, 0.29) is 23.6 Å². The van der Waals surface area contributed by atoms with Crippen LogP contribution in [0.4, 0.5) is 4.39 Å². The molecular formula is C26H30FN3O5. The van der Waals surface area contributed by atoms with E-state index in [1.54, 1.807) is 34.1 Å². The van der Waals surface area contributed by atoms with E-state index in [0.717, 1.165) is 0 Å². The maximum Gasteiger partial charge on any atom is 0.253 e. The van der Waals surface area contributed by atoms with Crippen LogP contribution >= 0.6 is 0 Å². The van der Waals surface area contributed by atoms with Gasteiger partial charge in [0.15, 0.2) is 0 Å². The number of hydrogen-bond donors (Lipinski definition) is 1. The van der Waals surface area contributed by atoms with E-state index in [4.69, 9.17) is 9.47 Å². The first-order valence-corrected chi connectivity index (χ1v) is 11.8. The van der Waals surface area contributed by atoms with Crippen molar-refractivity contribution in [3.05, 3.63) is 65.5 Å². The highest BCUT2D eigenvalue weighted by Gasteiger charge is 2.36. The fraction of sp³-hybridized carbons (Fsp3) is 0.423. The second-order valence-electron chi connectivity index (χ2n) is 8.76. The Morgan fingerprint density at radius 2 is 1.66 bits per heavy atom. The number of benzene rings is 2. The van der Waals surface area contributed by atoms with Gasteiger partial charge in [0, 0.05) is 37.3 Å². The van der Waals surface area contributed by atoms with Crippen molar-refractivity contribution in [2.75, 3.05) is 46.5 Å². The van der Waals surface area contributed by atoms with Gasteiger partial charge in [-0.1, -0.05) is 6.07 Å². The minimum atomic E-state index is -0.713. The average molecular weight is 484 g/mol. The number of morpholine rings is 1. The van der Waals surface area contributed by atoms with Crippen molar-refractivity contribution in [3.63, 3.8) is 0 Å². The highest BCUT2D eigenvalue weighted by Crippen LogP contribution is 2.25. The molecule has 0 aliphatic carbocycles. The Kier molecular flexibility index (Phi) is 7.97. The van der Waals surface area contributed by atoms with Gasteiger partial charge in [-0.05, 0) is 61.2 Å². The fourth-order valence-corrected chi connectivity index (χ4v) is 4.56. The number of ether oxygens (including phenoxy) is 2. The van der Waals surface area contributed by atoms with Gasteiger partial charge in [-0.15, -0.1) is 0 Å². The van der Waals surface area contributed by atoms with Crippen molar-refractivity contribution >= 4 is 17.7 Å². The lowest BCUT2D eigenvalue weighted by Crippen LogP contribution is -2.56. The molecule has 2 aliphatic rings. The van der Waals surface area contributed by atoms with E-state index in [1.165, 1.54) is 31.4 Å². The molecule has 8 nitrogen and oxygen atoms in total. The third-order valence-corrected chi connectivity index (χ3v) is 6.60. The number of likely N-dealkylation sites (tertiary alicyclic amines) is 1. The Morgan fingerprint density at radius 3 is 2.31 bits per heavy atom. The van der Waals surface area contributed by atoms with Crippen molar-refractivity contribution in [3.8, 4) is 5.75 Å². The molecule has 1 atom stereocenters. The van der Waals surface area contributed by atoms with Crippen LogP contribution in [0.3, 0.4) is 0 Å².